The maximum atomic E-state index is 13.3. The Balaban J connectivity index is 1.80. The fourth-order valence-electron chi connectivity index (χ4n) is 3.77. The van der Waals surface area contributed by atoms with E-state index in [1.165, 1.54) is 24.1 Å². The third-order valence-corrected chi connectivity index (χ3v) is 5.71. The summed E-state index contributed by atoms with van der Waals surface area (Å²) in [5, 5.41) is 13.2. The van der Waals surface area contributed by atoms with Crippen molar-refractivity contribution < 1.29 is 19.2 Å². The van der Waals surface area contributed by atoms with Crippen molar-refractivity contribution in [1.82, 2.24) is 15.2 Å². The molecule has 0 aliphatic carbocycles. The molecule has 2 aromatic rings. The van der Waals surface area contributed by atoms with Gasteiger partial charge in [0.2, 0.25) is 0 Å². The molecular weight excluding hydrogens is 420 g/mol. The maximum absolute atomic E-state index is 13.3. The van der Waals surface area contributed by atoms with Crippen LogP contribution in [0.3, 0.4) is 0 Å². The second-order valence-electron chi connectivity index (χ2n) is 7.38. The molecular formula is C21H24N4O5S. The Morgan fingerprint density at radius 3 is 2.68 bits per heavy atom. The van der Waals surface area contributed by atoms with Crippen LogP contribution in [-0.4, -0.2) is 51.2 Å². The third kappa shape index (κ3) is 5.13. The van der Waals surface area contributed by atoms with Crippen molar-refractivity contribution in [1.29, 1.82) is 0 Å². The largest absolute Gasteiger partial charge is 0.459 e. The highest BCUT2D eigenvalue weighted by Crippen LogP contribution is 2.37. The molecule has 0 unspecified atom stereocenters. The summed E-state index contributed by atoms with van der Waals surface area (Å²) < 4.78 is 5.59. The number of ether oxygens (including phenoxy) is 1. The number of nitrogens with one attached hydrogen (secondary N) is 1. The molecule has 1 aromatic carbocycles. The molecule has 10 heteroatoms. The van der Waals surface area contributed by atoms with Crippen molar-refractivity contribution in [2.24, 2.45) is 0 Å². The van der Waals surface area contributed by atoms with Crippen LogP contribution >= 0.6 is 12.6 Å². The highest BCUT2D eigenvalue weighted by molar-refractivity contribution is 7.81. The lowest BCUT2D eigenvalue weighted by atomic mass is 9.89. The topological polar surface area (TPSA) is 115 Å². The number of hydrogen-bond donors (Lipinski definition) is 2. The number of thiol groups is 1. The lowest BCUT2D eigenvalue weighted by Gasteiger charge is -2.36. The van der Waals surface area contributed by atoms with Crippen LogP contribution in [0, 0.1) is 10.1 Å². The number of carbonyl (C=O) groups excluding carboxylic acids is 2. The Morgan fingerprint density at radius 2 is 2.06 bits per heavy atom. The number of esters is 1. The van der Waals surface area contributed by atoms with E-state index in [1.54, 1.807) is 18.3 Å². The lowest BCUT2D eigenvalue weighted by molar-refractivity contribution is -0.384. The molecule has 1 aliphatic rings. The molecule has 3 rings (SSSR count). The van der Waals surface area contributed by atoms with Gasteiger partial charge in [0.05, 0.1) is 4.92 Å². The number of hydrogen-bond acceptors (Lipinski definition) is 7. The highest BCUT2D eigenvalue weighted by atomic mass is 32.1. The van der Waals surface area contributed by atoms with Crippen molar-refractivity contribution in [2.45, 2.75) is 36.7 Å². The smallest absolute Gasteiger partial charge is 0.332 e. The first-order chi connectivity index (χ1) is 14.9. The summed E-state index contributed by atoms with van der Waals surface area (Å²) in [6.45, 7) is 0.263. The predicted molar refractivity (Wildman–Crippen MR) is 117 cm³/mol. The number of pyridine rings is 1. The van der Waals surface area contributed by atoms with E-state index in [0.717, 1.165) is 5.69 Å². The SMILES string of the molecule is CNC(=O)N1C[C@@H](S)C[C@@]1(CCc1ccccn1)C(=O)OCc1ccc([N+](=O)[O-])cc1. The van der Waals surface area contributed by atoms with E-state index in [1.807, 2.05) is 18.2 Å². The number of aromatic nitrogens is 1. The summed E-state index contributed by atoms with van der Waals surface area (Å²) in [6, 6.07) is 11.0. The van der Waals surface area contributed by atoms with Gasteiger partial charge in [0, 0.05) is 42.9 Å². The van der Waals surface area contributed by atoms with Crippen molar-refractivity contribution in [2.75, 3.05) is 13.6 Å². The number of aryl methyl sites for hydroxylation is 1. The first-order valence-corrected chi connectivity index (χ1v) is 10.4. The molecule has 164 valence electrons. The summed E-state index contributed by atoms with van der Waals surface area (Å²) in [6.07, 6.45) is 2.87. The number of rotatable bonds is 7. The summed E-state index contributed by atoms with van der Waals surface area (Å²) >= 11 is 4.53. The van der Waals surface area contributed by atoms with Crippen LogP contribution in [-0.2, 0) is 22.6 Å². The summed E-state index contributed by atoms with van der Waals surface area (Å²) in [4.78, 5) is 42.0. The standard InChI is InChI=1S/C21H24N4O5S/c1-22-20(27)24-13-18(31)12-21(24,10-9-16-4-2-3-11-23-16)19(26)30-14-15-5-7-17(8-6-15)25(28)29/h2-8,11,18,31H,9-10,12-14H2,1H3,(H,22,27)/t18-,21-/m0/s1. The van der Waals surface area contributed by atoms with Gasteiger partial charge in [0.25, 0.3) is 5.69 Å². The number of nitrogens with zero attached hydrogens (tertiary/aromatic N) is 3. The molecule has 1 aliphatic heterocycles. The molecule has 9 nitrogen and oxygen atoms in total. The lowest BCUT2D eigenvalue weighted by Crippen LogP contribution is -2.56. The first kappa shape index (κ1) is 22.5. The van der Waals surface area contributed by atoms with E-state index < -0.39 is 16.4 Å². The predicted octanol–water partition coefficient (Wildman–Crippen LogP) is 2.75. The van der Waals surface area contributed by atoms with Crippen molar-refractivity contribution in [3.8, 4) is 0 Å². The van der Waals surface area contributed by atoms with Gasteiger partial charge in [-0.2, -0.15) is 12.6 Å². The number of benzene rings is 1. The van der Waals surface area contributed by atoms with Gasteiger partial charge in [-0.1, -0.05) is 6.07 Å². The number of urea groups is 1. The molecule has 0 radical (unpaired) electrons. The van der Waals surface area contributed by atoms with Crippen molar-refractivity contribution in [3.63, 3.8) is 0 Å². The van der Waals surface area contributed by atoms with Gasteiger partial charge in [-0.15, -0.1) is 0 Å². The van der Waals surface area contributed by atoms with Gasteiger partial charge in [-0.25, -0.2) is 9.59 Å². The molecule has 0 bridgehead atoms. The molecule has 2 heterocycles. The van der Waals surface area contributed by atoms with Gasteiger partial charge in [-0.05, 0) is 49.1 Å². The summed E-state index contributed by atoms with van der Waals surface area (Å²) in [5.41, 5.74) is 0.210. The van der Waals surface area contributed by atoms with Crippen molar-refractivity contribution in [3.05, 3.63) is 70.0 Å². The molecule has 1 N–H and O–H groups in total. The fraction of sp³-hybridized carbons (Fsp3) is 0.381. The number of nitro groups is 1. The summed E-state index contributed by atoms with van der Waals surface area (Å²) in [7, 11) is 1.51. The number of amides is 2. The van der Waals surface area contributed by atoms with Crippen LogP contribution in [0.15, 0.2) is 48.7 Å². The first-order valence-electron chi connectivity index (χ1n) is 9.83. The minimum absolute atomic E-state index is 0.0404. The zero-order chi connectivity index (χ0) is 22.4. The molecule has 1 fully saturated rings. The molecule has 31 heavy (non-hydrogen) atoms. The molecule has 0 saturated carbocycles. The second-order valence-corrected chi connectivity index (χ2v) is 8.11. The Morgan fingerprint density at radius 1 is 1.32 bits per heavy atom. The Kier molecular flexibility index (Phi) is 7.11. The van der Waals surface area contributed by atoms with Crippen LogP contribution in [0.4, 0.5) is 10.5 Å². The average Bonchev–Trinajstić information content (AvgIpc) is 3.14. The number of nitro benzene ring substituents is 1. The third-order valence-electron chi connectivity index (χ3n) is 5.36. The molecule has 2 atom stereocenters. The van der Waals surface area contributed by atoms with E-state index in [2.05, 4.69) is 22.9 Å². The van der Waals surface area contributed by atoms with E-state index in [0.29, 0.717) is 31.4 Å². The zero-order valence-corrected chi connectivity index (χ0v) is 18.0. The van der Waals surface area contributed by atoms with E-state index in [4.69, 9.17) is 4.74 Å². The van der Waals surface area contributed by atoms with Crippen LogP contribution in [0.25, 0.3) is 0 Å². The van der Waals surface area contributed by atoms with Gasteiger partial charge in [0.1, 0.15) is 12.1 Å². The normalized spacial score (nSPS) is 20.3. The van der Waals surface area contributed by atoms with Crippen LogP contribution in [0.2, 0.25) is 0 Å². The molecule has 0 spiro atoms. The van der Waals surface area contributed by atoms with E-state index in [9.17, 15) is 19.7 Å². The van der Waals surface area contributed by atoms with Gasteiger partial charge >= 0.3 is 12.0 Å². The molecule has 2 amide bonds. The van der Waals surface area contributed by atoms with Gasteiger partial charge in [0.15, 0.2) is 0 Å². The minimum Gasteiger partial charge on any atom is -0.459 e. The monoisotopic (exact) mass is 444 g/mol. The fourth-order valence-corrected chi connectivity index (χ4v) is 4.24. The van der Waals surface area contributed by atoms with Crippen LogP contribution in [0.5, 0.6) is 0 Å². The number of likely N-dealkylation sites (tertiary alicyclic amines) is 1. The summed E-state index contributed by atoms with van der Waals surface area (Å²) in [5.74, 6) is -0.526. The van der Waals surface area contributed by atoms with E-state index >= 15 is 0 Å². The quantitative estimate of drug-likeness (QED) is 0.294. The molecule has 1 saturated heterocycles. The Bertz CT molecular complexity index is 941. The van der Waals surface area contributed by atoms with Crippen molar-refractivity contribution >= 4 is 30.3 Å². The van der Waals surface area contributed by atoms with Crippen LogP contribution in [0.1, 0.15) is 24.1 Å². The Hall–Kier alpha value is -3.14. The second kappa shape index (κ2) is 9.78. The average molecular weight is 445 g/mol. The van der Waals surface area contributed by atoms with Gasteiger partial charge < -0.3 is 15.0 Å². The number of carbonyl (C=O) groups is 2. The van der Waals surface area contributed by atoms with E-state index in [-0.39, 0.29) is 23.6 Å². The Labute approximate surface area is 185 Å². The highest BCUT2D eigenvalue weighted by Gasteiger charge is 2.53. The van der Waals surface area contributed by atoms with Gasteiger partial charge in [-0.3, -0.25) is 15.1 Å². The molecule has 1 aromatic heterocycles. The zero-order valence-electron chi connectivity index (χ0n) is 17.1. The maximum Gasteiger partial charge on any atom is 0.332 e. The van der Waals surface area contributed by atoms with Crippen LogP contribution < -0.4 is 5.32 Å². The minimum atomic E-state index is -1.18. The number of non-ortho nitro benzene ring substituents is 1.